The van der Waals surface area contributed by atoms with Crippen LogP contribution in [0.15, 0.2) is 22.8 Å². The lowest BCUT2D eigenvalue weighted by molar-refractivity contribution is 0.171. The van der Waals surface area contributed by atoms with Gasteiger partial charge in [-0.05, 0) is 61.8 Å². The SMILES string of the molecule is CC1CCNC(C)(C)CN1Cc1ccc(Br)cn1. The zero-order valence-electron chi connectivity index (χ0n) is 11.4. The number of rotatable bonds is 2. The topological polar surface area (TPSA) is 28.2 Å². The molecule has 1 aromatic rings. The Balaban J connectivity index is 2.07. The van der Waals surface area contributed by atoms with Crippen LogP contribution in [0.25, 0.3) is 0 Å². The third-order valence-electron chi connectivity index (χ3n) is 3.54. The largest absolute Gasteiger partial charge is 0.310 e. The van der Waals surface area contributed by atoms with Crippen LogP contribution in [-0.2, 0) is 6.54 Å². The van der Waals surface area contributed by atoms with Gasteiger partial charge in [-0.15, -0.1) is 0 Å². The molecule has 1 N–H and O–H groups in total. The first-order valence-electron chi connectivity index (χ1n) is 6.56. The van der Waals surface area contributed by atoms with Crippen molar-refractivity contribution in [3.63, 3.8) is 0 Å². The van der Waals surface area contributed by atoms with Crippen LogP contribution in [0.4, 0.5) is 0 Å². The first kappa shape index (κ1) is 14.0. The zero-order chi connectivity index (χ0) is 13.2. The van der Waals surface area contributed by atoms with E-state index in [0.29, 0.717) is 6.04 Å². The van der Waals surface area contributed by atoms with E-state index in [4.69, 9.17) is 0 Å². The molecule has 1 unspecified atom stereocenters. The molecule has 1 fully saturated rings. The van der Waals surface area contributed by atoms with Gasteiger partial charge in [0.15, 0.2) is 0 Å². The van der Waals surface area contributed by atoms with Crippen LogP contribution in [0, 0.1) is 0 Å². The fourth-order valence-corrected chi connectivity index (χ4v) is 2.68. The third-order valence-corrected chi connectivity index (χ3v) is 4.01. The molecule has 0 aromatic carbocycles. The Kier molecular flexibility index (Phi) is 4.41. The summed E-state index contributed by atoms with van der Waals surface area (Å²) in [6.07, 6.45) is 3.07. The van der Waals surface area contributed by atoms with Gasteiger partial charge in [0.25, 0.3) is 0 Å². The normalized spacial score (nSPS) is 24.8. The van der Waals surface area contributed by atoms with E-state index in [1.54, 1.807) is 0 Å². The monoisotopic (exact) mass is 311 g/mol. The van der Waals surface area contributed by atoms with E-state index in [1.165, 1.54) is 6.42 Å². The van der Waals surface area contributed by atoms with Gasteiger partial charge >= 0.3 is 0 Å². The van der Waals surface area contributed by atoms with Crippen LogP contribution in [0.2, 0.25) is 0 Å². The van der Waals surface area contributed by atoms with E-state index in [0.717, 1.165) is 29.8 Å². The fourth-order valence-electron chi connectivity index (χ4n) is 2.44. The molecule has 0 radical (unpaired) electrons. The second-order valence-electron chi connectivity index (χ2n) is 5.82. The van der Waals surface area contributed by atoms with E-state index in [1.807, 2.05) is 6.20 Å². The second-order valence-corrected chi connectivity index (χ2v) is 6.74. The van der Waals surface area contributed by atoms with Crippen molar-refractivity contribution in [2.24, 2.45) is 0 Å². The maximum Gasteiger partial charge on any atom is 0.0544 e. The highest BCUT2D eigenvalue weighted by atomic mass is 79.9. The Morgan fingerprint density at radius 3 is 2.94 bits per heavy atom. The molecule has 0 saturated carbocycles. The summed E-state index contributed by atoms with van der Waals surface area (Å²) in [5, 5.41) is 3.61. The van der Waals surface area contributed by atoms with E-state index in [-0.39, 0.29) is 5.54 Å². The minimum absolute atomic E-state index is 0.181. The van der Waals surface area contributed by atoms with Crippen molar-refractivity contribution in [3.05, 3.63) is 28.5 Å². The summed E-state index contributed by atoms with van der Waals surface area (Å²) in [7, 11) is 0. The lowest BCUT2D eigenvalue weighted by atomic mass is 10.1. The number of pyridine rings is 1. The van der Waals surface area contributed by atoms with Gasteiger partial charge in [-0.25, -0.2) is 0 Å². The molecule has 1 aromatic heterocycles. The van der Waals surface area contributed by atoms with Gasteiger partial charge in [-0.1, -0.05) is 0 Å². The van der Waals surface area contributed by atoms with Gasteiger partial charge in [0.2, 0.25) is 0 Å². The molecule has 0 aliphatic carbocycles. The molecule has 1 saturated heterocycles. The number of nitrogens with one attached hydrogen (secondary N) is 1. The second kappa shape index (κ2) is 5.68. The van der Waals surface area contributed by atoms with E-state index >= 15 is 0 Å². The van der Waals surface area contributed by atoms with Crippen molar-refractivity contribution in [1.82, 2.24) is 15.2 Å². The molecule has 2 heterocycles. The Labute approximate surface area is 118 Å². The summed E-state index contributed by atoms with van der Waals surface area (Å²) in [6, 6.07) is 4.76. The maximum absolute atomic E-state index is 4.48. The van der Waals surface area contributed by atoms with E-state index in [9.17, 15) is 0 Å². The number of hydrogen-bond acceptors (Lipinski definition) is 3. The van der Waals surface area contributed by atoms with Crippen molar-refractivity contribution >= 4 is 15.9 Å². The minimum atomic E-state index is 0.181. The highest BCUT2D eigenvalue weighted by Crippen LogP contribution is 2.18. The highest BCUT2D eigenvalue weighted by Gasteiger charge is 2.27. The molecule has 0 spiro atoms. The standard InChI is InChI=1S/C14H22BrN3/c1-11-6-7-17-14(2,3)10-18(11)9-13-5-4-12(15)8-16-13/h4-5,8,11,17H,6-7,9-10H2,1-3H3. The van der Waals surface area contributed by atoms with Crippen LogP contribution >= 0.6 is 15.9 Å². The van der Waals surface area contributed by atoms with Gasteiger partial charge in [-0.2, -0.15) is 0 Å². The average Bonchev–Trinajstić information content (AvgIpc) is 2.42. The lowest BCUT2D eigenvalue weighted by Crippen LogP contribution is -2.47. The molecule has 18 heavy (non-hydrogen) atoms. The van der Waals surface area contributed by atoms with Gasteiger partial charge in [0.1, 0.15) is 0 Å². The van der Waals surface area contributed by atoms with Crippen molar-refractivity contribution in [1.29, 1.82) is 0 Å². The van der Waals surface area contributed by atoms with Crippen molar-refractivity contribution < 1.29 is 0 Å². The Bertz CT molecular complexity index is 389. The van der Waals surface area contributed by atoms with Gasteiger partial charge in [-0.3, -0.25) is 9.88 Å². The van der Waals surface area contributed by atoms with Gasteiger partial charge < -0.3 is 5.32 Å². The summed E-state index contributed by atoms with van der Waals surface area (Å²) in [5.74, 6) is 0. The first-order valence-corrected chi connectivity index (χ1v) is 7.35. The van der Waals surface area contributed by atoms with Crippen LogP contribution in [0.3, 0.4) is 0 Å². The zero-order valence-corrected chi connectivity index (χ0v) is 13.0. The minimum Gasteiger partial charge on any atom is -0.310 e. The van der Waals surface area contributed by atoms with Crippen molar-refractivity contribution in [2.45, 2.75) is 45.3 Å². The Hall–Kier alpha value is -0.450. The maximum atomic E-state index is 4.48. The summed E-state index contributed by atoms with van der Waals surface area (Å²) < 4.78 is 1.04. The molecule has 4 heteroatoms. The molecule has 1 atom stereocenters. The number of halogens is 1. The molecular weight excluding hydrogens is 290 g/mol. The average molecular weight is 312 g/mol. The van der Waals surface area contributed by atoms with Gasteiger partial charge in [0, 0.05) is 35.3 Å². The highest BCUT2D eigenvalue weighted by molar-refractivity contribution is 9.10. The van der Waals surface area contributed by atoms with E-state index < -0.39 is 0 Å². The molecule has 1 aliphatic rings. The van der Waals surface area contributed by atoms with Crippen LogP contribution in [0.5, 0.6) is 0 Å². The molecule has 0 amide bonds. The van der Waals surface area contributed by atoms with Crippen LogP contribution in [-0.4, -0.2) is 34.6 Å². The molecule has 100 valence electrons. The number of hydrogen-bond donors (Lipinski definition) is 1. The molecule has 0 bridgehead atoms. The molecule has 3 nitrogen and oxygen atoms in total. The summed E-state index contributed by atoms with van der Waals surface area (Å²) >= 11 is 3.43. The molecular formula is C14H22BrN3. The van der Waals surface area contributed by atoms with Crippen LogP contribution < -0.4 is 5.32 Å². The summed E-state index contributed by atoms with van der Waals surface area (Å²) in [6.45, 7) is 9.94. The lowest BCUT2D eigenvalue weighted by Gasteiger charge is -2.32. The first-order chi connectivity index (χ1) is 8.46. The third kappa shape index (κ3) is 3.77. The quantitative estimate of drug-likeness (QED) is 0.910. The van der Waals surface area contributed by atoms with Crippen molar-refractivity contribution in [3.8, 4) is 0 Å². The Morgan fingerprint density at radius 1 is 1.50 bits per heavy atom. The molecule has 2 rings (SSSR count). The van der Waals surface area contributed by atoms with E-state index in [2.05, 4.69) is 64.0 Å². The predicted octanol–water partition coefficient (Wildman–Crippen LogP) is 2.81. The predicted molar refractivity (Wildman–Crippen MR) is 78.5 cm³/mol. The molecule has 1 aliphatic heterocycles. The smallest absolute Gasteiger partial charge is 0.0544 e. The number of aromatic nitrogens is 1. The van der Waals surface area contributed by atoms with Crippen molar-refractivity contribution in [2.75, 3.05) is 13.1 Å². The Morgan fingerprint density at radius 2 is 2.28 bits per heavy atom. The van der Waals surface area contributed by atoms with Crippen LogP contribution in [0.1, 0.15) is 32.9 Å². The van der Waals surface area contributed by atoms with Gasteiger partial charge in [0.05, 0.1) is 5.69 Å². The summed E-state index contributed by atoms with van der Waals surface area (Å²) in [4.78, 5) is 7.00. The summed E-state index contributed by atoms with van der Waals surface area (Å²) in [5.41, 5.74) is 1.32. The fraction of sp³-hybridized carbons (Fsp3) is 0.643. The number of nitrogens with zero attached hydrogens (tertiary/aromatic N) is 2.